The molecule has 0 aromatic carbocycles. The zero-order valence-corrected chi connectivity index (χ0v) is 16.5. The third-order valence-electron chi connectivity index (χ3n) is 4.02. The monoisotopic (exact) mass is 517 g/mol. The second-order valence-corrected chi connectivity index (χ2v) is 7.65. The topological polar surface area (TPSA) is 66.4 Å². The molecule has 17 heteroatoms. The van der Waals surface area contributed by atoms with Gasteiger partial charge in [-0.15, -0.1) is 0 Å². The number of halogens is 13. The molecule has 0 saturated heterocycles. The Balaban J connectivity index is 6.31. The highest BCUT2D eigenvalue weighted by Crippen LogP contribution is 2.61. The lowest BCUT2D eigenvalue weighted by Gasteiger charge is -2.41. The largest absolute Gasteiger partial charge is 0.545 e. The summed E-state index contributed by atoms with van der Waals surface area (Å²) in [6.07, 6.45) is -12.9. The van der Waals surface area contributed by atoms with Crippen LogP contribution in [0.3, 0.4) is 0 Å². The van der Waals surface area contributed by atoms with Crippen molar-refractivity contribution in [2.24, 2.45) is 5.41 Å². The SMILES string of the molecule is CC(C)(C)C(CC(F)(F)C(F)(F)C(F)(F)C(F)(F)C(F)(F)C(F)(F)F)OC(=O)C=CC(=O)[O-]. The van der Waals surface area contributed by atoms with Gasteiger partial charge >= 0.3 is 41.8 Å². The zero-order valence-electron chi connectivity index (χ0n) is 16.5. The molecule has 0 aliphatic carbocycles. The number of hydrogen-bond acceptors (Lipinski definition) is 4. The van der Waals surface area contributed by atoms with Crippen LogP contribution >= 0.6 is 0 Å². The Kier molecular flexibility index (Phi) is 8.25. The van der Waals surface area contributed by atoms with Gasteiger partial charge in [-0.1, -0.05) is 20.8 Å². The average molecular weight is 517 g/mol. The van der Waals surface area contributed by atoms with Gasteiger partial charge in [0, 0.05) is 6.08 Å². The molecule has 0 amide bonds. The highest BCUT2D eigenvalue weighted by molar-refractivity contribution is 5.90. The Bertz CT molecular complexity index is 763. The molecule has 0 aliphatic rings. The molecule has 194 valence electrons. The van der Waals surface area contributed by atoms with Crippen molar-refractivity contribution >= 4 is 11.9 Å². The quantitative estimate of drug-likeness (QED) is 0.259. The number of ether oxygens (including phenoxy) is 1. The van der Waals surface area contributed by atoms with E-state index in [0.717, 1.165) is 20.8 Å². The van der Waals surface area contributed by atoms with E-state index in [1.54, 1.807) is 0 Å². The number of carbonyl (C=O) groups is 2. The van der Waals surface area contributed by atoms with Crippen molar-refractivity contribution in [3.63, 3.8) is 0 Å². The number of carbonyl (C=O) groups excluding carboxylic acids is 2. The van der Waals surface area contributed by atoms with E-state index in [1.807, 2.05) is 0 Å². The smallest absolute Gasteiger partial charge is 0.460 e. The Hall–Kier alpha value is -2.23. The Morgan fingerprint density at radius 2 is 1.12 bits per heavy atom. The van der Waals surface area contributed by atoms with Gasteiger partial charge in [0.15, 0.2) is 0 Å². The van der Waals surface area contributed by atoms with Crippen LogP contribution in [0.4, 0.5) is 57.1 Å². The summed E-state index contributed by atoms with van der Waals surface area (Å²) in [5, 5.41) is 10.2. The van der Waals surface area contributed by atoms with E-state index in [9.17, 15) is 71.8 Å². The molecule has 0 spiro atoms. The first-order valence-electron chi connectivity index (χ1n) is 8.22. The predicted octanol–water partition coefficient (Wildman–Crippen LogP) is 4.38. The minimum absolute atomic E-state index is 0.0109. The summed E-state index contributed by atoms with van der Waals surface area (Å²) >= 11 is 0. The van der Waals surface area contributed by atoms with Crippen molar-refractivity contribution in [1.82, 2.24) is 0 Å². The minimum Gasteiger partial charge on any atom is -0.545 e. The average Bonchev–Trinajstić information content (AvgIpc) is 2.56. The summed E-state index contributed by atoms with van der Waals surface area (Å²) in [7, 11) is 0. The lowest BCUT2D eigenvalue weighted by Crippen LogP contribution is -2.70. The van der Waals surface area contributed by atoms with E-state index in [1.165, 1.54) is 0 Å². The van der Waals surface area contributed by atoms with Gasteiger partial charge in [-0.25, -0.2) is 4.79 Å². The van der Waals surface area contributed by atoms with Gasteiger partial charge in [-0.3, -0.25) is 0 Å². The van der Waals surface area contributed by atoms with Crippen LogP contribution in [-0.4, -0.2) is 53.8 Å². The summed E-state index contributed by atoms with van der Waals surface area (Å²) in [6, 6.07) is 0. The molecule has 0 rings (SSSR count). The molecule has 0 N–H and O–H groups in total. The summed E-state index contributed by atoms with van der Waals surface area (Å²) in [5.41, 5.74) is -1.88. The molecular weight excluding hydrogens is 503 g/mol. The second-order valence-electron chi connectivity index (χ2n) is 7.65. The van der Waals surface area contributed by atoms with Gasteiger partial charge < -0.3 is 14.6 Å². The first-order chi connectivity index (χ1) is 14.2. The first kappa shape index (κ1) is 30.8. The van der Waals surface area contributed by atoms with Crippen molar-refractivity contribution < 1.29 is 76.5 Å². The van der Waals surface area contributed by atoms with E-state index < -0.39 is 65.7 Å². The maximum absolute atomic E-state index is 14.1. The van der Waals surface area contributed by atoms with Gasteiger partial charge in [-0.05, 0) is 11.5 Å². The molecule has 4 nitrogen and oxygen atoms in total. The number of carboxylic acid groups (broad SMARTS) is 1. The lowest BCUT2D eigenvalue weighted by atomic mass is 9.82. The number of esters is 1. The third kappa shape index (κ3) is 5.83. The van der Waals surface area contributed by atoms with Gasteiger partial charge in [0.1, 0.15) is 6.10 Å². The zero-order chi connectivity index (χ0) is 27.1. The van der Waals surface area contributed by atoms with E-state index >= 15 is 0 Å². The number of rotatable bonds is 9. The molecule has 0 aliphatic heterocycles. The maximum atomic E-state index is 14.1. The van der Waals surface area contributed by atoms with Crippen molar-refractivity contribution in [3.8, 4) is 0 Å². The fourth-order valence-corrected chi connectivity index (χ4v) is 2.00. The summed E-state index contributed by atoms with van der Waals surface area (Å²) in [5.74, 6) is -41.7. The van der Waals surface area contributed by atoms with E-state index in [-0.39, 0.29) is 12.2 Å². The predicted molar refractivity (Wildman–Crippen MR) is 78.9 cm³/mol. The number of hydrogen-bond donors (Lipinski definition) is 0. The minimum atomic E-state index is -8.05. The summed E-state index contributed by atoms with van der Waals surface area (Å²) in [4.78, 5) is 21.6. The van der Waals surface area contributed by atoms with Crippen LogP contribution in [0.25, 0.3) is 0 Å². The highest BCUT2D eigenvalue weighted by atomic mass is 19.4. The normalized spacial score (nSPS) is 16.1. The molecule has 1 unspecified atom stereocenters. The van der Waals surface area contributed by atoms with Crippen molar-refractivity contribution in [3.05, 3.63) is 12.2 Å². The lowest BCUT2D eigenvalue weighted by molar-refractivity contribution is -0.441. The molecule has 0 radical (unpaired) electrons. The van der Waals surface area contributed by atoms with Gasteiger partial charge in [0.25, 0.3) is 0 Å². The second kappa shape index (κ2) is 8.85. The van der Waals surface area contributed by atoms with Crippen molar-refractivity contribution in [1.29, 1.82) is 0 Å². The Labute approximate surface area is 176 Å². The van der Waals surface area contributed by atoms with Crippen LogP contribution in [-0.2, 0) is 14.3 Å². The first-order valence-corrected chi connectivity index (χ1v) is 8.22. The van der Waals surface area contributed by atoms with Crippen LogP contribution in [0.1, 0.15) is 27.2 Å². The van der Waals surface area contributed by atoms with Crippen molar-refractivity contribution in [2.45, 2.75) is 69.1 Å². The Morgan fingerprint density at radius 1 is 0.727 bits per heavy atom. The van der Waals surface area contributed by atoms with Gasteiger partial charge in [0.05, 0.1) is 12.4 Å². The van der Waals surface area contributed by atoms with Crippen LogP contribution in [0.2, 0.25) is 0 Å². The number of aliphatic carboxylic acids is 1. The third-order valence-corrected chi connectivity index (χ3v) is 4.02. The highest BCUT2D eigenvalue weighted by Gasteiger charge is 2.90. The fourth-order valence-electron chi connectivity index (χ4n) is 2.00. The maximum Gasteiger partial charge on any atom is 0.460 e. The van der Waals surface area contributed by atoms with E-state index in [4.69, 9.17) is 0 Å². The molecule has 0 aromatic heterocycles. The van der Waals surface area contributed by atoms with Crippen LogP contribution in [0.5, 0.6) is 0 Å². The Morgan fingerprint density at radius 3 is 1.45 bits per heavy atom. The molecule has 0 bridgehead atoms. The molecule has 1 atom stereocenters. The van der Waals surface area contributed by atoms with Crippen LogP contribution in [0, 0.1) is 5.41 Å². The van der Waals surface area contributed by atoms with E-state index in [2.05, 4.69) is 4.74 Å². The summed E-state index contributed by atoms with van der Waals surface area (Å²) < 4.78 is 176. The molecule has 0 aromatic rings. The number of carboxylic acids is 1. The number of alkyl halides is 13. The van der Waals surface area contributed by atoms with E-state index in [0.29, 0.717) is 0 Å². The standard InChI is InChI=1S/C16H15F13O4/c1-10(2,3)7(33-9(32)5-4-8(30)31)6-11(17,18)12(19,20)13(21,22)14(23,24)15(25,26)16(27,28)29/h4-5,7H,6H2,1-3H3,(H,30,31)/p-1. The molecule has 0 fully saturated rings. The molecule has 0 heterocycles. The van der Waals surface area contributed by atoms with Crippen LogP contribution in [0.15, 0.2) is 12.2 Å². The molecule has 33 heavy (non-hydrogen) atoms. The molecular formula is C16H14F13O4-. The van der Waals surface area contributed by atoms with Crippen molar-refractivity contribution in [2.75, 3.05) is 0 Å². The van der Waals surface area contributed by atoms with Gasteiger partial charge in [-0.2, -0.15) is 57.1 Å². The summed E-state index contributed by atoms with van der Waals surface area (Å²) in [6.45, 7) is 2.60. The van der Waals surface area contributed by atoms with Crippen LogP contribution < -0.4 is 5.11 Å². The van der Waals surface area contributed by atoms with Gasteiger partial charge in [0.2, 0.25) is 0 Å². The molecule has 0 saturated carbocycles. The fraction of sp³-hybridized carbons (Fsp3) is 0.750.